The number of aryl methyl sites for hydroxylation is 2. The van der Waals surface area contributed by atoms with Crippen LogP contribution in [0, 0.1) is 13.8 Å². The quantitative estimate of drug-likeness (QED) is 0.0900. The highest BCUT2D eigenvalue weighted by Crippen LogP contribution is 2.53. The Balaban J connectivity index is 1.74. The lowest BCUT2D eigenvalue weighted by Crippen LogP contribution is -2.23. The molecule has 5 aromatic carbocycles. The summed E-state index contributed by atoms with van der Waals surface area (Å²) in [6.45, 7) is 4.09. The molecule has 0 spiro atoms. The number of hydrogen-bond donors (Lipinski definition) is 0. The Kier molecular flexibility index (Phi) is 10.1. The number of esters is 1. The minimum Gasteiger partial charge on any atom is -0.442 e. The Bertz CT molecular complexity index is 2020. The maximum Gasteiger partial charge on any atom is 0.341 e. The van der Waals surface area contributed by atoms with E-state index in [0.717, 1.165) is 55.9 Å². The lowest BCUT2D eigenvalue weighted by molar-refractivity contribution is 0.0300. The SMILES string of the molecule is Cc1ccc(C(=CC2(C=C(c3ccc(C)cc3)c3ccc(N(C)C)cc3)OC(=O)c3c(Cl)c(Cl)c(Cl)c(Cl)c32)c2ccc(N(C)C)cc2)cc1. The first-order valence-corrected chi connectivity index (χ1v) is 17.6. The number of carbonyl (C=O) groups excluding carboxylic acids is 1. The Morgan fingerprint density at radius 2 is 0.880 bits per heavy atom. The first kappa shape index (κ1) is 35.6. The molecule has 0 N–H and O–H groups in total. The third kappa shape index (κ3) is 6.78. The lowest BCUT2D eigenvalue weighted by atomic mass is 9.83. The van der Waals surface area contributed by atoms with Crippen molar-refractivity contribution in [3.05, 3.63) is 174 Å². The Morgan fingerprint density at radius 3 is 1.24 bits per heavy atom. The number of hydrogen-bond acceptors (Lipinski definition) is 4. The van der Waals surface area contributed by atoms with Crippen molar-refractivity contribution in [1.82, 2.24) is 0 Å². The molecule has 0 fully saturated rings. The maximum atomic E-state index is 14.0. The molecule has 4 nitrogen and oxygen atoms in total. The average Bonchev–Trinajstić information content (AvgIpc) is 3.40. The zero-order valence-electron chi connectivity index (χ0n) is 28.6. The lowest BCUT2D eigenvalue weighted by Gasteiger charge is -2.27. The van der Waals surface area contributed by atoms with E-state index in [9.17, 15) is 4.79 Å². The molecule has 6 rings (SSSR count). The molecular formula is C42H36Cl4N2O2. The Hall–Kier alpha value is -4.19. The number of anilines is 2. The van der Waals surface area contributed by atoms with Gasteiger partial charge in [-0.15, -0.1) is 0 Å². The van der Waals surface area contributed by atoms with Gasteiger partial charge in [-0.05, 0) is 83.7 Å². The minimum atomic E-state index is -1.57. The van der Waals surface area contributed by atoms with Crippen LogP contribution in [0.1, 0.15) is 49.3 Å². The van der Waals surface area contributed by atoms with Crippen LogP contribution in [0.2, 0.25) is 20.1 Å². The van der Waals surface area contributed by atoms with E-state index in [0.29, 0.717) is 5.56 Å². The van der Waals surface area contributed by atoms with E-state index < -0.39 is 11.6 Å². The summed E-state index contributed by atoms with van der Waals surface area (Å²) >= 11 is 27.2. The highest BCUT2D eigenvalue weighted by Gasteiger charge is 2.48. The fourth-order valence-electron chi connectivity index (χ4n) is 6.13. The highest BCUT2D eigenvalue weighted by atomic mass is 35.5. The molecule has 1 aliphatic rings. The third-order valence-corrected chi connectivity index (χ3v) is 10.8. The van der Waals surface area contributed by atoms with Gasteiger partial charge in [-0.1, -0.05) is 130 Å². The largest absolute Gasteiger partial charge is 0.442 e. The van der Waals surface area contributed by atoms with Crippen LogP contribution in [0.15, 0.2) is 109 Å². The smallest absolute Gasteiger partial charge is 0.341 e. The average molecular weight is 743 g/mol. The number of halogens is 4. The molecule has 1 aliphatic heterocycles. The molecule has 0 saturated heterocycles. The molecule has 1 heterocycles. The summed E-state index contributed by atoms with van der Waals surface area (Å²) in [6.07, 6.45) is 3.89. The highest BCUT2D eigenvalue weighted by molar-refractivity contribution is 6.53. The molecular weight excluding hydrogens is 706 g/mol. The zero-order valence-corrected chi connectivity index (χ0v) is 31.6. The Labute approximate surface area is 314 Å². The summed E-state index contributed by atoms with van der Waals surface area (Å²) in [5, 5.41) is 0.117. The third-order valence-electron chi connectivity index (χ3n) is 8.96. The van der Waals surface area contributed by atoms with E-state index in [2.05, 4.69) is 97.1 Å². The van der Waals surface area contributed by atoms with Crippen LogP contribution >= 0.6 is 46.4 Å². The van der Waals surface area contributed by atoms with Crippen molar-refractivity contribution in [2.75, 3.05) is 38.0 Å². The van der Waals surface area contributed by atoms with Crippen LogP contribution in [0.25, 0.3) is 11.1 Å². The van der Waals surface area contributed by atoms with Crippen molar-refractivity contribution in [2.45, 2.75) is 19.4 Å². The molecule has 0 saturated carbocycles. The second-order valence-electron chi connectivity index (χ2n) is 12.9. The summed E-state index contributed by atoms with van der Waals surface area (Å²) < 4.78 is 6.52. The van der Waals surface area contributed by atoms with Crippen LogP contribution in [0.5, 0.6) is 0 Å². The summed E-state index contributed by atoms with van der Waals surface area (Å²) in [7, 11) is 7.99. The minimum absolute atomic E-state index is 0.00569. The molecule has 254 valence electrons. The second-order valence-corrected chi connectivity index (χ2v) is 14.4. The monoisotopic (exact) mass is 740 g/mol. The van der Waals surface area contributed by atoms with Crippen molar-refractivity contribution in [3.63, 3.8) is 0 Å². The summed E-state index contributed by atoms with van der Waals surface area (Å²) in [6, 6.07) is 32.9. The summed E-state index contributed by atoms with van der Waals surface area (Å²) in [4.78, 5) is 18.1. The molecule has 0 atom stereocenters. The molecule has 50 heavy (non-hydrogen) atoms. The van der Waals surface area contributed by atoms with E-state index in [-0.39, 0.29) is 25.7 Å². The van der Waals surface area contributed by atoms with Gasteiger partial charge < -0.3 is 14.5 Å². The van der Waals surface area contributed by atoms with E-state index in [1.807, 2.05) is 64.0 Å². The number of carbonyl (C=O) groups is 1. The van der Waals surface area contributed by atoms with Gasteiger partial charge in [-0.3, -0.25) is 0 Å². The van der Waals surface area contributed by atoms with Gasteiger partial charge in [0.15, 0.2) is 5.60 Å². The van der Waals surface area contributed by atoms with E-state index in [1.165, 1.54) is 0 Å². The maximum absolute atomic E-state index is 14.0. The summed E-state index contributed by atoms with van der Waals surface area (Å²) in [5.74, 6) is -0.657. The molecule has 5 aromatic rings. The molecule has 0 bridgehead atoms. The van der Waals surface area contributed by atoms with Crippen molar-refractivity contribution in [1.29, 1.82) is 0 Å². The first-order chi connectivity index (χ1) is 23.8. The van der Waals surface area contributed by atoms with Crippen LogP contribution in [-0.4, -0.2) is 34.2 Å². The predicted molar refractivity (Wildman–Crippen MR) is 212 cm³/mol. The van der Waals surface area contributed by atoms with Crippen molar-refractivity contribution in [3.8, 4) is 0 Å². The van der Waals surface area contributed by atoms with Gasteiger partial charge in [0.2, 0.25) is 0 Å². The Morgan fingerprint density at radius 1 is 0.540 bits per heavy atom. The molecule has 0 aliphatic carbocycles. The van der Waals surface area contributed by atoms with Crippen molar-refractivity contribution >= 4 is 74.9 Å². The molecule has 0 radical (unpaired) electrons. The van der Waals surface area contributed by atoms with Gasteiger partial charge in [0.25, 0.3) is 0 Å². The van der Waals surface area contributed by atoms with Gasteiger partial charge in [0, 0.05) is 45.1 Å². The fraction of sp³-hybridized carbons (Fsp3) is 0.167. The fourth-order valence-corrected chi connectivity index (χ4v) is 7.21. The standard InChI is InChI=1S/C42H36Cl4N2O2/c1-25-7-11-27(12-8-25)33(29-15-19-31(20-16-29)47(3)4)23-42(36-35(41(49)50-42)37(43)39(45)40(46)38(36)44)24-34(28-13-9-26(2)10-14-28)30-17-21-32(22-18-30)48(5)6/h7-24H,1-6H3. The van der Waals surface area contributed by atoms with E-state index >= 15 is 0 Å². The van der Waals surface area contributed by atoms with Crippen LogP contribution in [0.4, 0.5) is 11.4 Å². The van der Waals surface area contributed by atoms with Gasteiger partial charge in [-0.2, -0.15) is 0 Å². The van der Waals surface area contributed by atoms with Gasteiger partial charge in [0.1, 0.15) is 0 Å². The number of nitrogens with zero attached hydrogens (tertiary/aromatic N) is 2. The molecule has 8 heteroatoms. The predicted octanol–water partition coefficient (Wildman–Crippen LogP) is 11.7. The van der Waals surface area contributed by atoms with Gasteiger partial charge >= 0.3 is 5.97 Å². The van der Waals surface area contributed by atoms with E-state index in [1.54, 1.807) is 0 Å². The normalized spacial score (nSPS) is 15.9. The van der Waals surface area contributed by atoms with E-state index in [4.69, 9.17) is 51.1 Å². The number of rotatable bonds is 8. The number of ether oxygens (including phenoxy) is 1. The number of fused-ring (bicyclic) bond motifs is 1. The summed E-state index contributed by atoms with van der Waals surface area (Å²) in [5.41, 5.74) is 8.44. The van der Waals surface area contributed by atoms with Crippen molar-refractivity contribution in [2.24, 2.45) is 0 Å². The van der Waals surface area contributed by atoms with Gasteiger partial charge in [0.05, 0.1) is 25.7 Å². The number of cyclic esters (lactones) is 1. The van der Waals surface area contributed by atoms with Crippen LogP contribution in [-0.2, 0) is 10.3 Å². The first-order valence-electron chi connectivity index (χ1n) is 16.0. The van der Waals surface area contributed by atoms with Crippen LogP contribution in [0.3, 0.4) is 0 Å². The van der Waals surface area contributed by atoms with Crippen molar-refractivity contribution < 1.29 is 9.53 Å². The second kappa shape index (κ2) is 14.2. The topological polar surface area (TPSA) is 32.8 Å². The molecule has 0 amide bonds. The van der Waals surface area contributed by atoms with Crippen LogP contribution < -0.4 is 9.80 Å². The molecule has 0 unspecified atom stereocenters. The number of benzene rings is 5. The zero-order chi connectivity index (χ0) is 35.9. The van der Waals surface area contributed by atoms with Gasteiger partial charge in [-0.25, -0.2) is 4.79 Å². The molecule has 0 aromatic heterocycles.